The number of hydrogen-bond donors (Lipinski definition) is 2. The first-order valence-corrected chi connectivity index (χ1v) is 8.89. The zero-order valence-electron chi connectivity index (χ0n) is 16.2. The summed E-state index contributed by atoms with van der Waals surface area (Å²) in [4.78, 5) is 5.94. The molecule has 0 radical (unpaired) electrons. The van der Waals surface area contributed by atoms with Gasteiger partial charge in [-0.05, 0) is 26.2 Å². The molecule has 2 rings (SSSR count). The largest absolute Gasteiger partial charge is 0.355 e. The Bertz CT molecular complexity index is 738. The van der Waals surface area contributed by atoms with Gasteiger partial charge in [-0.1, -0.05) is 13.0 Å². The molecular formula is C18H27F2N7. The third-order valence-corrected chi connectivity index (χ3v) is 4.30. The van der Waals surface area contributed by atoms with Crippen molar-refractivity contribution < 1.29 is 8.78 Å². The number of likely N-dealkylation sites (N-methyl/N-ethyl adjacent to an activating group) is 1. The van der Waals surface area contributed by atoms with Crippen molar-refractivity contribution in [3.8, 4) is 0 Å². The molecule has 0 aliphatic carbocycles. The molecule has 1 heterocycles. The number of aryl methyl sites for hydroxylation is 1. The number of halogens is 2. The van der Waals surface area contributed by atoms with Gasteiger partial charge in [-0.25, -0.2) is 8.78 Å². The fourth-order valence-electron chi connectivity index (χ4n) is 2.82. The maximum Gasteiger partial charge on any atom is 0.191 e. The normalized spacial score (nSPS) is 13.1. The summed E-state index contributed by atoms with van der Waals surface area (Å²) in [5, 5.41) is 14.3. The summed E-state index contributed by atoms with van der Waals surface area (Å²) in [6.07, 6.45) is 2.51. The molecule has 1 atom stereocenters. The molecule has 27 heavy (non-hydrogen) atoms. The van der Waals surface area contributed by atoms with Crippen molar-refractivity contribution in [1.82, 2.24) is 30.3 Å². The van der Waals surface area contributed by atoms with E-state index in [1.807, 2.05) is 11.5 Å². The predicted octanol–water partition coefficient (Wildman–Crippen LogP) is 1.59. The summed E-state index contributed by atoms with van der Waals surface area (Å²) >= 11 is 0. The second-order valence-corrected chi connectivity index (χ2v) is 6.29. The molecule has 0 fully saturated rings. The Balaban J connectivity index is 1.95. The van der Waals surface area contributed by atoms with Gasteiger partial charge in [-0.15, -0.1) is 10.2 Å². The van der Waals surface area contributed by atoms with E-state index in [4.69, 9.17) is 0 Å². The average molecular weight is 379 g/mol. The molecule has 9 heteroatoms. The zero-order valence-corrected chi connectivity index (χ0v) is 16.2. The van der Waals surface area contributed by atoms with E-state index in [1.54, 1.807) is 32.4 Å². The van der Waals surface area contributed by atoms with Crippen LogP contribution < -0.4 is 10.6 Å². The number of nitrogens with zero attached hydrogens (tertiary/aromatic N) is 5. The van der Waals surface area contributed by atoms with Gasteiger partial charge >= 0.3 is 0 Å². The smallest absolute Gasteiger partial charge is 0.191 e. The van der Waals surface area contributed by atoms with Crippen molar-refractivity contribution in [2.24, 2.45) is 4.99 Å². The summed E-state index contributed by atoms with van der Waals surface area (Å²) < 4.78 is 30.3. The Hall–Kier alpha value is -2.55. The molecule has 0 aliphatic heterocycles. The van der Waals surface area contributed by atoms with Crippen molar-refractivity contribution in [2.75, 3.05) is 34.2 Å². The molecule has 1 aromatic carbocycles. The maximum absolute atomic E-state index is 14.1. The number of hydrogen-bond acceptors (Lipinski definition) is 4. The van der Waals surface area contributed by atoms with Crippen molar-refractivity contribution >= 4 is 5.96 Å². The number of rotatable bonds is 8. The number of aliphatic imine (C=N–C) groups is 1. The van der Waals surface area contributed by atoms with Gasteiger partial charge in [-0.3, -0.25) is 4.99 Å². The number of aromatic nitrogens is 3. The molecule has 1 unspecified atom stereocenters. The molecule has 0 amide bonds. The predicted molar refractivity (Wildman–Crippen MR) is 102 cm³/mol. The van der Waals surface area contributed by atoms with Crippen molar-refractivity contribution in [3.05, 3.63) is 47.5 Å². The van der Waals surface area contributed by atoms with Crippen LogP contribution in [0.4, 0.5) is 8.78 Å². The second kappa shape index (κ2) is 9.96. The number of guanidine groups is 1. The standard InChI is InChI=1S/C18H27F2N7/c1-5-16-25-24-12-27(16)10-9-22-18(21-2)23-11-15(26(3)4)17-13(19)7-6-8-14(17)20/h6-8,12,15H,5,9-11H2,1-4H3,(H2,21,22,23). The first kappa shape index (κ1) is 20.8. The van der Waals surface area contributed by atoms with Crippen LogP contribution in [0.15, 0.2) is 29.5 Å². The Morgan fingerprint density at radius 2 is 1.96 bits per heavy atom. The lowest BCUT2D eigenvalue weighted by Gasteiger charge is -2.26. The Kier molecular flexibility index (Phi) is 7.66. The Morgan fingerprint density at radius 3 is 2.56 bits per heavy atom. The van der Waals surface area contributed by atoms with Crippen molar-refractivity contribution in [2.45, 2.75) is 25.9 Å². The van der Waals surface area contributed by atoms with Crippen LogP contribution in [0.3, 0.4) is 0 Å². The summed E-state index contributed by atoms with van der Waals surface area (Å²) in [6, 6.07) is 3.43. The third kappa shape index (κ3) is 5.46. The third-order valence-electron chi connectivity index (χ3n) is 4.30. The quantitative estimate of drug-likeness (QED) is 0.538. The molecule has 1 aromatic heterocycles. The van der Waals surface area contributed by atoms with Gasteiger partial charge < -0.3 is 20.1 Å². The van der Waals surface area contributed by atoms with Gasteiger partial charge in [0.25, 0.3) is 0 Å². The molecule has 0 saturated carbocycles. The van der Waals surface area contributed by atoms with E-state index < -0.39 is 17.7 Å². The van der Waals surface area contributed by atoms with Gasteiger partial charge in [0.2, 0.25) is 0 Å². The van der Waals surface area contributed by atoms with E-state index in [0.29, 0.717) is 25.6 Å². The minimum atomic E-state index is -0.557. The zero-order chi connectivity index (χ0) is 19.8. The molecule has 0 spiro atoms. The lowest BCUT2D eigenvalue weighted by molar-refractivity contribution is 0.282. The Morgan fingerprint density at radius 1 is 1.26 bits per heavy atom. The SMILES string of the molecule is CCc1nncn1CCNC(=NC)NCC(c1c(F)cccc1F)N(C)C. The minimum absolute atomic E-state index is 0.0440. The molecule has 7 nitrogen and oxygen atoms in total. The highest BCUT2D eigenvalue weighted by molar-refractivity contribution is 5.79. The first-order chi connectivity index (χ1) is 13.0. The topological polar surface area (TPSA) is 70.4 Å². The van der Waals surface area contributed by atoms with Crippen LogP contribution in [0.5, 0.6) is 0 Å². The molecule has 2 N–H and O–H groups in total. The summed E-state index contributed by atoms with van der Waals surface area (Å²) in [5.41, 5.74) is 0.0440. The van der Waals surface area contributed by atoms with E-state index in [-0.39, 0.29) is 5.56 Å². The van der Waals surface area contributed by atoms with E-state index >= 15 is 0 Å². The second-order valence-electron chi connectivity index (χ2n) is 6.29. The average Bonchev–Trinajstić information content (AvgIpc) is 3.09. The van der Waals surface area contributed by atoms with Crippen LogP contribution in [-0.2, 0) is 13.0 Å². The van der Waals surface area contributed by atoms with E-state index in [0.717, 1.165) is 12.2 Å². The fourth-order valence-corrected chi connectivity index (χ4v) is 2.82. The van der Waals surface area contributed by atoms with Gasteiger partial charge in [0.1, 0.15) is 23.8 Å². The Labute approximate surface area is 158 Å². The summed E-state index contributed by atoms with van der Waals surface area (Å²) in [5.74, 6) is 0.364. The minimum Gasteiger partial charge on any atom is -0.355 e. The van der Waals surface area contributed by atoms with Crippen LogP contribution in [-0.4, -0.2) is 59.9 Å². The summed E-state index contributed by atoms with van der Waals surface area (Å²) in [6.45, 7) is 3.64. The highest BCUT2D eigenvalue weighted by atomic mass is 19.1. The van der Waals surface area contributed by atoms with Crippen LogP contribution >= 0.6 is 0 Å². The first-order valence-electron chi connectivity index (χ1n) is 8.89. The molecular weight excluding hydrogens is 352 g/mol. The van der Waals surface area contributed by atoms with Crippen LogP contribution in [0.1, 0.15) is 24.4 Å². The van der Waals surface area contributed by atoms with Gasteiger partial charge in [-0.2, -0.15) is 0 Å². The van der Waals surface area contributed by atoms with Gasteiger partial charge in [0, 0.05) is 38.7 Å². The highest BCUT2D eigenvalue weighted by Gasteiger charge is 2.22. The van der Waals surface area contributed by atoms with Crippen LogP contribution in [0.25, 0.3) is 0 Å². The molecule has 148 valence electrons. The van der Waals surface area contributed by atoms with Crippen molar-refractivity contribution in [1.29, 1.82) is 0 Å². The summed E-state index contributed by atoms with van der Waals surface area (Å²) in [7, 11) is 5.22. The molecule has 0 bridgehead atoms. The van der Waals surface area contributed by atoms with Crippen LogP contribution in [0, 0.1) is 11.6 Å². The van der Waals surface area contributed by atoms with Gasteiger partial charge in [0.05, 0.1) is 6.04 Å². The van der Waals surface area contributed by atoms with E-state index in [2.05, 4.69) is 25.8 Å². The molecule has 2 aromatic rings. The fraction of sp³-hybridized carbons (Fsp3) is 0.500. The molecule has 0 saturated heterocycles. The molecule has 0 aliphatic rings. The van der Waals surface area contributed by atoms with Crippen molar-refractivity contribution in [3.63, 3.8) is 0 Å². The number of benzene rings is 1. The lowest BCUT2D eigenvalue weighted by Crippen LogP contribution is -2.43. The lowest BCUT2D eigenvalue weighted by atomic mass is 10.0. The highest BCUT2D eigenvalue weighted by Crippen LogP contribution is 2.23. The van der Waals surface area contributed by atoms with E-state index in [1.165, 1.54) is 18.2 Å². The monoisotopic (exact) mass is 379 g/mol. The van der Waals surface area contributed by atoms with E-state index in [9.17, 15) is 8.78 Å². The van der Waals surface area contributed by atoms with Gasteiger partial charge in [0.15, 0.2) is 5.96 Å². The maximum atomic E-state index is 14.1. The van der Waals surface area contributed by atoms with Crippen LogP contribution in [0.2, 0.25) is 0 Å². The number of nitrogens with one attached hydrogen (secondary N) is 2.